The second kappa shape index (κ2) is 9.30. The lowest BCUT2D eigenvalue weighted by Gasteiger charge is -2.32. The number of benzene rings is 1. The van der Waals surface area contributed by atoms with E-state index in [0.29, 0.717) is 36.6 Å². The van der Waals surface area contributed by atoms with Crippen LogP contribution in [0.5, 0.6) is 11.5 Å². The third-order valence-electron chi connectivity index (χ3n) is 4.54. The van der Waals surface area contributed by atoms with Crippen LogP contribution in [0.25, 0.3) is 0 Å². The van der Waals surface area contributed by atoms with Gasteiger partial charge in [-0.25, -0.2) is 0 Å². The molecule has 1 aromatic carbocycles. The molecule has 1 aliphatic rings. The first-order valence-corrected chi connectivity index (χ1v) is 8.89. The maximum absolute atomic E-state index is 12.5. The number of piperidine rings is 1. The molecule has 1 aliphatic heterocycles. The molecule has 1 fully saturated rings. The number of amides is 2. The number of carbonyl (C=O) groups is 2. The van der Waals surface area contributed by atoms with Crippen LogP contribution in [0, 0.1) is 0 Å². The van der Waals surface area contributed by atoms with Crippen LogP contribution in [-0.2, 0) is 4.79 Å². The van der Waals surface area contributed by atoms with Crippen LogP contribution in [0.15, 0.2) is 18.2 Å². The van der Waals surface area contributed by atoms with Gasteiger partial charge in [0.25, 0.3) is 5.91 Å². The lowest BCUT2D eigenvalue weighted by Crippen LogP contribution is -2.46. The minimum atomic E-state index is -0.145. The molecule has 2 amide bonds. The van der Waals surface area contributed by atoms with E-state index >= 15 is 0 Å². The van der Waals surface area contributed by atoms with E-state index in [1.807, 2.05) is 4.90 Å². The largest absolute Gasteiger partial charge is 0.497 e. The van der Waals surface area contributed by atoms with E-state index in [-0.39, 0.29) is 17.9 Å². The van der Waals surface area contributed by atoms with Crippen LogP contribution in [-0.4, -0.2) is 50.1 Å². The molecule has 0 saturated carbocycles. The van der Waals surface area contributed by atoms with Gasteiger partial charge in [0.05, 0.1) is 14.2 Å². The summed E-state index contributed by atoms with van der Waals surface area (Å²) in [6.45, 7) is 3.49. The average Bonchev–Trinajstić information content (AvgIpc) is 2.66. The van der Waals surface area contributed by atoms with Crippen molar-refractivity contribution in [3.05, 3.63) is 23.8 Å². The maximum Gasteiger partial charge on any atom is 0.251 e. The molecular formula is C19H28N2O4. The number of carbonyl (C=O) groups excluding carboxylic acids is 2. The van der Waals surface area contributed by atoms with Crippen LogP contribution in [0.4, 0.5) is 0 Å². The van der Waals surface area contributed by atoms with Gasteiger partial charge in [-0.05, 0) is 31.4 Å². The molecule has 0 atom stereocenters. The second-order valence-electron chi connectivity index (χ2n) is 6.33. The monoisotopic (exact) mass is 348 g/mol. The molecule has 0 aromatic heterocycles. The standard InChI is InChI=1S/C19H28N2O4/c1-4-5-6-18(22)21-9-7-15(8-10-21)20-19(23)14-11-16(24-2)13-17(12-14)25-3/h11-13,15H,4-10H2,1-3H3,(H,20,23). The minimum Gasteiger partial charge on any atom is -0.497 e. The maximum atomic E-state index is 12.5. The minimum absolute atomic E-state index is 0.0833. The number of rotatable bonds is 7. The predicted molar refractivity (Wildman–Crippen MR) is 96.1 cm³/mol. The van der Waals surface area contributed by atoms with Crippen molar-refractivity contribution in [1.29, 1.82) is 0 Å². The second-order valence-corrected chi connectivity index (χ2v) is 6.33. The van der Waals surface area contributed by atoms with Crippen molar-refractivity contribution >= 4 is 11.8 Å². The summed E-state index contributed by atoms with van der Waals surface area (Å²) in [5.41, 5.74) is 0.512. The molecule has 1 heterocycles. The Bertz CT molecular complexity index is 573. The third kappa shape index (κ3) is 5.37. The van der Waals surface area contributed by atoms with Gasteiger partial charge in [0.2, 0.25) is 5.91 Å². The molecule has 0 unspecified atom stereocenters. The fraction of sp³-hybridized carbons (Fsp3) is 0.579. The molecule has 0 spiro atoms. The summed E-state index contributed by atoms with van der Waals surface area (Å²) in [4.78, 5) is 26.5. The van der Waals surface area contributed by atoms with Gasteiger partial charge in [-0.2, -0.15) is 0 Å². The summed E-state index contributed by atoms with van der Waals surface area (Å²) in [7, 11) is 3.11. The van der Waals surface area contributed by atoms with Gasteiger partial charge in [-0.3, -0.25) is 9.59 Å². The predicted octanol–water partition coefficient (Wildman–Crippen LogP) is 2.61. The molecule has 6 heteroatoms. The van der Waals surface area contributed by atoms with E-state index in [4.69, 9.17) is 9.47 Å². The van der Waals surface area contributed by atoms with Gasteiger partial charge >= 0.3 is 0 Å². The lowest BCUT2D eigenvalue weighted by molar-refractivity contribution is -0.132. The molecule has 138 valence electrons. The molecular weight excluding hydrogens is 320 g/mol. The summed E-state index contributed by atoms with van der Waals surface area (Å²) in [5.74, 6) is 1.25. The zero-order valence-electron chi connectivity index (χ0n) is 15.3. The van der Waals surface area contributed by atoms with Crippen molar-refractivity contribution in [2.45, 2.75) is 45.1 Å². The number of hydrogen-bond acceptors (Lipinski definition) is 4. The van der Waals surface area contributed by atoms with E-state index in [2.05, 4.69) is 12.2 Å². The Kier molecular flexibility index (Phi) is 7.10. The van der Waals surface area contributed by atoms with Gasteiger partial charge in [-0.15, -0.1) is 0 Å². The summed E-state index contributed by atoms with van der Waals surface area (Å²) >= 11 is 0. The van der Waals surface area contributed by atoms with Gasteiger partial charge in [0.1, 0.15) is 11.5 Å². The van der Waals surface area contributed by atoms with Crippen molar-refractivity contribution in [3.63, 3.8) is 0 Å². The van der Waals surface area contributed by atoms with Crippen LogP contribution < -0.4 is 14.8 Å². The van der Waals surface area contributed by atoms with Crippen molar-refractivity contribution in [1.82, 2.24) is 10.2 Å². The van der Waals surface area contributed by atoms with Crippen LogP contribution >= 0.6 is 0 Å². The van der Waals surface area contributed by atoms with Crippen molar-refractivity contribution < 1.29 is 19.1 Å². The Morgan fingerprint density at radius 3 is 2.24 bits per heavy atom. The highest BCUT2D eigenvalue weighted by molar-refractivity contribution is 5.95. The molecule has 2 rings (SSSR count). The number of likely N-dealkylation sites (tertiary alicyclic amines) is 1. The topological polar surface area (TPSA) is 67.9 Å². The van der Waals surface area contributed by atoms with Crippen molar-refractivity contribution in [2.24, 2.45) is 0 Å². The van der Waals surface area contributed by atoms with Gasteiger partial charge < -0.3 is 19.7 Å². The Labute approximate surface area is 149 Å². The molecule has 0 bridgehead atoms. The quantitative estimate of drug-likeness (QED) is 0.822. The Morgan fingerprint density at radius 1 is 1.12 bits per heavy atom. The molecule has 25 heavy (non-hydrogen) atoms. The molecule has 1 aromatic rings. The number of nitrogens with zero attached hydrogens (tertiary/aromatic N) is 1. The molecule has 6 nitrogen and oxygen atoms in total. The Hall–Kier alpha value is -2.24. The Balaban J connectivity index is 1.89. The van der Waals surface area contributed by atoms with Crippen LogP contribution in [0.1, 0.15) is 49.4 Å². The third-order valence-corrected chi connectivity index (χ3v) is 4.54. The number of nitrogens with one attached hydrogen (secondary N) is 1. The summed E-state index contributed by atoms with van der Waals surface area (Å²) in [6.07, 6.45) is 4.15. The van der Waals surface area contributed by atoms with Gasteiger partial charge in [0, 0.05) is 37.2 Å². The van der Waals surface area contributed by atoms with E-state index < -0.39 is 0 Å². The van der Waals surface area contributed by atoms with E-state index in [9.17, 15) is 9.59 Å². The number of hydrogen-bond donors (Lipinski definition) is 1. The van der Waals surface area contributed by atoms with E-state index in [1.165, 1.54) is 0 Å². The van der Waals surface area contributed by atoms with Gasteiger partial charge in [0.15, 0.2) is 0 Å². The van der Waals surface area contributed by atoms with Crippen LogP contribution in [0.3, 0.4) is 0 Å². The first-order valence-electron chi connectivity index (χ1n) is 8.89. The molecule has 1 saturated heterocycles. The zero-order chi connectivity index (χ0) is 18.2. The molecule has 0 aliphatic carbocycles. The summed E-state index contributed by atoms with van der Waals surface area (Å²) < 4.78 is 10.4. The fourth-order valence-electron chi connectivity index (χ4n) is 2.97. The summed E-state index contributed by atoms with van der Waals surface area (Å²) in [6, 6.07) is 5.21. The summed E-state index contributed by atoms with van der Waals surface area (Å²) in [5, 5.41) is 3.05. The highest BCUT2D eigenvalue weighted by atomic mass is 16.5. The number of methoxy groups -OCH3 is 2. The fourth-order valence-corrected chi connectivity index (χ4v) is 2.97. The Morgan fingerprint density at radius 2 is 1.72 bits per heavy atom. The SMILES string of the molecule is CCCCC(=O)N1CCC(NC(=O)c2cc(OC)cc(OC)c2)CC1. The zero-order valence-corrected chi connectivity index (χ0v) is 15.3. The first-order chi connectivity index (χ1) is 12.1. The number of ether oxygens (including phenoxy) is 2. The van der Waals surface area contributed by atoms with Crippen molar-refractivity contribution in [3.8, 4) is 11.5 Å². The molecule has 1 N–H and O–H groups in total. The first kappa shape index (κ1) is 19.1. The molecule has 0 radical (unpaired) electrons. The average molecular weight is 348 g/mol. The van der Waals surface area contributed by atoms with E-state index in [0.717, 1.165) is 25.7 Å². The smallest absolute Gasteiger partial charge is 0.251 e. The van der Waals surface area contributed by atoms with Crippen molar-refractivity contribution in [2.75, 3.05) is 27.3 Å². The van der Waals surface area contributed by atoms with E-state index in [1.54, 1.807) is 32.4 Å². The lowest BCUT2D eigenvalue weighted by atomic mass is 10.0. The normalized spacial score (nSPS) is 14.9. The highest BCUT2D eigenvalue weighted by Crippen LogP contribution is 2.23. The number of unbranched alkanes of at least 4 members (excludes halogenated alkanes) is 1. The van der Waals surface area contributed by atoms with Gasteiger partial charge in [-0.1, -0.05) is 13.3 Å². The van der Waals surface area contributed by atoms with Crippen LogP contribution in [0.2, 0.25) is 0 Å². The highest BCUT2D eigenvalue weighted by Gasteiger charge is 2.24.